The lowest BCUT2D eigenvalue weighted by atomic mass is 9.92. The molecule has 4 aromatic rings. The van der Waals surface area contributed by atoms with Crippen molar-refractivity contribution in [2.45, 2.75) is 25.7 Å². The van der Waals surface area contributed by atoms with Crippen LogP contribution in [0.2, 0.25) is 0 Å². The maximum absolute atomic E-state index is 4.99. The molecular formula is C22H23N5. The lowest BCUT2D eigenvalue weighted by Gasteiger charge is -2.22. The van der Waals surface area contributed by atoms with Crippen molar-refractivity contribution in [1.29, 1.82) is 0 Å². The minimum absolute atomic E-state index is 0.776. The van der Waals surface area contributed by atoms with Gasteiger partial charge in [0.25, 0.3) is 0 Å². The zero-order valence-corrected chi connectivity index (χ0v) is 15.3. The van der Waals surface area contributed by atoms with E-state index in [0.29, 0.717) is 0 Å². The molecule has 0 radical (unpaired) electrons. The molecule has 136 valence electrons. The molecule has 5 heteroatoms. The summed E-state index contributed by atoms with van der Waals surface area (Å²) in [6, 6.07) is 16.6. The number of aromatic nitrogens is 4. The number of hydrogen-bond acceptors (Lipinski definition) is 4. The molecule has 4 heterocycles. The van der Waals surface area contributed by atoms with Crippen molar-refractivity contribution in [2.75, 3.05) is 13.1 Å². The Kier molecular flexibility index (Phi) is 4.30. The topological polar surface area (TPSA) is 55.1 Å². The number of nitrogens with zero attached hydrogens (tertiary/aromatic N) is 4. The summed E-state index contributed by atoms with van der Waals surface area (Å²) in [6.45, 7) is 2.32. The van der Waals surface area contributed by atoms with Gasteiger partial charge in [0.05, 0.1) is 5.52 Å². The molecule has 1 N–H and O–H groups in total. The molecular weight excluding hydrogens is 334 g/mol. The number of hydrogen-bond donors (Lipinski definition) is 1. The quantitative estimate of drug-likeness (QED) is 0.602. The Labute approximate surface area is 158 Å². The van der Waals surface area contributed by atoms with E-state index in [1.165, 1.54) is 36.8 Å². The summed E-state index contributed by atoms with van der Waals surface area (Å²) < 4.78 is 1.99. The van der Waals surface area contributed by atoms with Crippen LogP contribution in [0, 0.1) is 5.92 Å². The van der Waals surface area contributed by atoms with E-state index in [9.17, 15) is 0 Å². The Hall–Kier alpha value is -2.79. The molecule has 0 aliphatic carbocycles. The molecule has 0 bridgehead atoms. The van der Waals surface area contributed by atoms with Crippen LogP contribution in [0.4, 0.5) is 0 Å². The Morgan fingerprint density at radius 3 is 2.96 bits per heavy atom. The molecule has 3 aromatic heterocycles. The molecule has 1 atom stereocenters. The van der Waals surface area contributed by atoms with Gasteiger partial charge in [0.2, 0.25) is 0 Å². The normalized spacial score (nSPS) is 17.6. The molecule has 1 fully saturated rings. The first-order valence-corrected chi connectivity index (χ1v) is 9.78. The molecule has 1 aromatic carbocycles. The molecule has 1 aliphatic rings. The van der Waals surface area contributed by atoms with Gasteiger partial charge in [0.15, 0.2) is 11.5 Å². The van der Waals surface area contributed by atoms with Crippen LogP contribution >= 0.6 is 0 Å². The number of rotatable bonds is 4. The van der Waals surface area contributed by atoms with Crippen LogP contribution in [0.15, 0.2) is 54.7 Å². The van der Waals surface area contributed by atoms with Gasteiger partial charge in [-0.2, -0.15) is 0 Å². The number of benzene rings is 1. The van der Waals surface area contributed by atoms with Gasteiger partial charge in [0.1, 0.15) is 5.69 Å². The zero-order valence-electron chi connectivity index (χ0n) is 15.3. The minimum Gasteiger partial charge on any atom is -0.316 e. The maximum Gasteiger partial charge on any atom is 0.187 e. The van der Waals surface area contributed by atoms with E-state index >= 15 is 0 Å². The lowest BCUT2D eigenvalue weighted by Crippen LogP contribution is -2.29. The van der Waals surface area contributed by atoms with E-state index in [-0.39, 0.29) is 0 Å². The first-order valence-electron chi connectivity index (χ1n) is 9.78. The molecule has 1 aliphatic heterocycles. The monoisotopic (exact) mass is 357 g/mol. The molecule has 1 saturated heterocycles. The van der Waals surface area contributed by atoms with E-state index in [1.807, 2.05) is 34.9 Å². The number of piperidine rings is 1. The summed E-state index contributed by atoms with van der Waals surface area (Å²) in [5, 5.41) is 13.3. The average Bonchev–Trinajstić information content (AvgIpc) is 3.17. The van der Waals surface area contributed by atoms with E-state index in [2.05, 4.69) is 39.8 Å². The fraction of sp³-hybridized carbons (Fsp3) is 0.318. The van der Waals surface area contributed by atoms with Crippen molar-refractivity contribution < 1.29 is 0 Å². The third kappa shape index (κ3) is 3.19. The fourth-order valence-electron chi connectivity index (χ4n) is 4.08. The first kappa shape index (κ1) is 16.4. The van der Waals surface area contributed by atoms with Crippen LogP contribution in [0.3, 0.4) is 0 Å². The minimum atomic E-state index is 0.776. The van der Waals surface area contributed by atoms with Crippen molar-refractivity contribution in [3.05, 3.63) is 60.3 Å². The van der Waals surface area contributed by atoms with Gasteiger partial charge in [-0.15, -0.1) is 10.2 Å². The zero-order chi connectivity index (χ0) is 18.1. The summed E-state index contributed by atoms with van der Waals surface area (Å²) in [7, 11) is 0. The van der Waals surface area contributed by atoms with Crippen molar-refractivity contribution >= 4 is 16.6 Å². The fourth-order valence-corrected chi connectivity index (χ4v) is 4.08. The second kappa shape index (κ2) is 7.08. The van der Waals surface area contributed by atoms with Gasteiger partial charge >= 0.3 is 0 Å². The van der Waals surface area contributed by atoms with Gasteiger partial charge < -0.3 is 5.32 Å². The molecule has 27 heavy (non-hydrogen) atoms. The Balaban J connectivity index is 1.50. The molecule has 0 spiro atoms. The highest BCUT2D eigenvalue weighted by atomic mass is 15.2. The number of pyridine rings is 2. The largest absolute Gasteiger partial charge is 0.316 e. The average molecular weight is 357 g/mol. The van der Waals surface area contributed by atoms with Gasteiger partial charge in [0, 0.05) is 11.6 Å². The molecule has 0 amide bonds. The lowest BCUT2D eigenvalue weighted by molar-refractivity contribution is 0.358. The molecule has 5 nitrogen and oxygen atoms in total. The summed E-state index contributed by atoms with van der Waals surface area (Å²) in [5.74, 6) is 1.57. The number of aryl methyl sites for hydroxylation is 1. The smallest absolute Gasteiger partial charge is 0.187 e. The SMILES string of the molecule is c1cc(CCC2CCCNC2)c2nc(-c3nnc4ccccn34)ccc2c1. The third-order valence-electron chi connectivity index (χ3n) is 5.57. The highest BCUT2D eigenvalue weighted by molar-refractivity contribution is 5.84. The van der Waals surface area contributed by atoms with Crippen LogP contribution in [0.25, 0.3) is 28.1 Å². The van der Waals surface area contributed by atoms with Crippen molar-refractivity contribution in [3.8, 4) is 11.5 Å². The van der Waals surface area contributed by atoms with Crippen molar-refractivity contribution in [1.82, 2.24) is 24.9 Å². The van der Waals surface area contributed by atoms with Crippen molar-refractivity contribution in [3.63, 3.8) is 0 Å². The van der Waals surface area contributed by atoms with Gasteiger partial charge in [-0.1, -0.05) is 30.3 Å². The van der Waals surface area contributed by atoms with Crippen LogP contribution < -0.4 is 5.32 Å². The van der Waals surface area contributed by atoms with Crippen LogP contribution in [-0.4, -0.2) is 32.7 Å². The predicted octanol–water partition coefficient (Wildman–Crippen LogP) is 3.88. The van der Waals surface area contributed by atoms with Crippen LogP contribution in [0.5, 0.6) is 0 Å². The second-order valence-corrected chi connectivity index (χ2v) is 7.39. The number of nitrogens with one attached hydrogen (secondary N) is 1. The summed E-state index contributed by atoms with van der Waals surface area (Å²) in [6.07, 6.45) is 6.90. The maximum atomic E-state index is 4.99. The number of para-hydroxylation sites is 1. The predicted molar refractivity (Wildman–Crippen MR) is 108 cm³/mol. The Bertz CT molecular complexity index is 1080. The van der Waals surface area contributed by atoms with E-state index in [1.54, 1.807) is 0 Å². The Morgan fingerprint density at radius 1 is 1.04 bits per heavy atom. The third-order valence-corrected chi connectivity index (χ3v) is 5.57. The van der Waals surface area contributed by atoms with Gasteiger partial charge in [-0.3, -0.25) is 4.40 Å². The second-order valence-electron chi connectivity index (χ2n) is 7.39. The standard InChI is InChI=1S/C22H23N5/c1-2-14-27-20(8-1)25-26-22(27)19-12-11-18-7-3-6-17(21(18)24-19)10-9-16-5-4-13-23-15-16/h1-3,6-8,11-12,14,16,23H,4-5,9-10,13,15H2. The van der Waals surface area contributed by atoms with Crippen LogP contribution in [0.1, 0.15) is 24.8 Å². The first-order chi connectivity index (χ1) is 13.4. The summed E-state index contributed by atoms with van der Waals surface area (Å²) in [4.78, 5) is 4.99. The van der Waals surface area contributed by atoms with Crippen LogP contribution in [-0.2, 0) is 6.42 Å². The summed E-state index contributed by atoms with van der Waals surface area (Å²) >= 11 is 0. The van der Waals surface area contributed by atoms with Gasteiger partial charge in [-0.25, -0.2) is 4.98 Å². The Morgan fingerprint density at radius 2 is 2.04 bits per heavy atom. The highest BCUT2D eigenvalue weighted by Gasteiger charge is 2.15. The van der Waals surface area contributed by atoms with Crippen molar-refractivity contribution in [2.24, 2.45) is 5.92 Å². The molecule has 0 saturated carbocycles. The number of fused-ring (bicyclic) bond motifs is 2. The summed E-state index contributed by atoms with van der Waals surface area (Å²) in [5.41, 5.74) is 4.13. The highest BCUT2D eigenvalue weighted by Crippen LogP contribution is 2.25. The van der Waals surface area contributed by atoms with E-state index < -0.39 is 0 Å². The molecule has 5 rings (SSSR count). The van der Waals surface area contributed by atoms with E-state index in [4.69, 9.17) is 4.98 Å². The van der Waals surface area contributed by atoms with E-state index in [0.717, 1.165) is 41.6 Å². The van der Waals surface area contributed by atoms with Gasteiger partial charge in [-0.05, 0) is 68.5 Å². The molecule has 1 unspecified atom stereocenters.